The van der Waals surface area contributed by atoms with Crippen LogP contribution in [0.15, 0.2) is 12.3 Å². The summed E-state index contributed by atoms with van der Waals surface area (Å²) in [4.78, 5) is 20.5. The summed E-state index contributed by atoms with van der Waals surface area (Å²) >= 11 is 0. The lowest BCUT2D eigenvalue weighted by Crippen LogP contribution is -2.35. The third-order valence-electron chi connectivity index (χ3n) is 3.28. The molecule has 2 rings (SSSR count). The number of amides is 1. The molecule has 2 N–H and O–H groups in total. The standard InChI is InChI=1S/C13H19N3O2/c1-9(8-17)15-13(18)11-6-7-14-12(16-11)10-4-2-3-5-10/h6-7,9-10,17H,2-5,8H2,1H3,(H,15,18). The molecule has 0 bridgehead atoms. The number of hydrogen-bond donors (Lipinski definition) is 2. The first kappa shape index (κ1) is 13.0. The Kier molecular flexibility index (Phi) is 4.25. The van der Waals surface area contributed by atoms with Gasteiger partial charge in [-0.25, -0.2) is 9.97 Å². The van der Waals surface area contributed by atoms with Crippen molar-refractivity contribution in [1.29, 1.82) is 0 Å². The van der Waals surface area contributed by atoms with Gasteiger partial charge in [-0.2, -0.15) is 0 Å². The van der Waals surface area contributed by atoms with E-state index >= 15 is 0 Å². The van der Waals surface area contributed by atoms with Gasteiger partial charge in [-0.05, 0) is 25.8 Å². The molecule has 1 fully saturated rings. The second kappa shape index (κ2) is 5.91. The van der Waals surface area contributed by atoms with Crippen LogP contribution < -0.4 is 5.32 Å². The van der Waals surface area contributed by atoms with Crippen molar-refractivity contribution in [2.45, 2.75) is 44.6 Å². The van der Waals surface area contributed by atoms with Crippen molar-refractivity contribution < 1.29 is 9.90 Å². The fourth-order valence-electron chi connectivity index (χ4n) is 2.22. The molecule has 1 saturated carbocycles. The van der Waals surface area contributed by atoms with E-state index in [1.54, 1.807) is 19.2 Å². The zero-order chi connectivity index (χ0) is 13.0. The van der Waals surface area contributed by atoms with Gasteiger partial charge in [0.1, 0.15) is 11.5 Å². The van der Waals surface area contributed by atoms with Crippen LogP contribution in [-0.4, -0.2) is 33.6 Å². The monoisotopic (exact) mass is 249 g/mol. The van der Waals surface area contributed by atoms with Gasteiger partial charge in [0.2, 0.25) is 0 Å². The van der Waals surface area contributed by atoms with Crippen molar-refractivity contribution in [3.8, 4) is 0 Å². The van der Waals surface area contributed by atoms with Gasteiger partial charge in [-0.15, -0.1) is 0 Å². The van der Waals surface area contributed by atoms with Crippen molar-refractivity contribution in [2.75, 3.05) is 6.61 Å². The van der Waals surface area contributed by atoms with Crippen molar-refractivity contribution in [2.24, 2.45) is 0 Å². The minimum Gasteiger partial charge on any atom is -0.394 e. The first-order valence-electron chi connectivity index (χ1n) is 6.45. The summed E-state index contributed by atoms with van der Waals surface area (Å²) in [5.74, 6) is 0.919. The Bertz CT molecular complexity index is 416. The summed E-state index contributed by atoms with van der Waals surface area (Å²) in [6, 6.07) is 1.35. The third-order valence-corrected chi connectivity index (χ3v) is 3.28. The number of rotatable bonds is 4. The van der Waals surface area contributed by atoms with Crippen molar-refractivity contribution in [3.63, 3.8) is 0 Å². The molecule has 1 aromatic rings. The fourth-order valence-corrected chi connectivity index (χ4v) is 2.22. The fraction of sp³-hybridized carbons (Fsp3) is 0.615. The van der Waals surface area contributed by atoms with Crippen LogP contribution in [0.1, 0.15) is 54.8 Å². The molecule has 5 heteroatoms. The zero-order valence-corrected chi connectivity index (χ0v) is 10.6. The number of aliphatic hydroxyl groups is 1. The second-order valence-electron chi connectivity index (χ2n) is 4.84. The maximum atomic E-state index is 11.9. The van der Waals surface area contributed by atoms with Crippen LogP contribution >= 0.6 is 0 Å². The van der Waals surface area contributed by atoms with E-state index in [2.05, 4.69) is 15.3 Å². The van der Waals surface area contributed by atoms with E-state index < -0.39 is 0 Å². The van der Waals surface area contributed by atoms with Gasteiger partial charge in [0, 0.05) is 18.2 Å². The molecular formula is C13H19N3O2. The number of nitrogens with zero attached hydrogens (tertiary/aromatic N) is 2. The Balaban J connectivity index is 2.08. The van der Waals surface area contributed by atoms with Crippen LogP contribution in [0.5, 0.6) is 0 Å². The molecule has 1 atom stereocenters. The van der Waals surface area contributed by atoms with Crippen molar-refractivity contribution >= 4 is 5.91 Å². The van der Waals surface area contributed by atoms with E-state index in [0.717, 1.165) is 18.7 Å². The summed E-state index contributed by atoms with van der Waals surface area (Å²) in [6.07, 6.45) is 6.29. The van der Waals surface area contributed by atoms with Gasteiger partial charge < -0.3 is 10.4 Å². The van der Waals surface area contributed by atoms with Gasteiger partial charge in [0.25, 0.3) is 5.91 Å². The molecule has 1 unspecified atom stereocenters. The molecule has 98 valence electrons. The van der Waals surface area contributed by atoms with Gasteiger partial charge in [0.05, 0.1) is 6.61 Å². The topological polar surface area (TPSA) is 75.1 Å². The molecule has 1 amide bonds. The van der Waals surface area contributed by atoms with E-state index in [0.29, 0.717) is 11.6 Å². The molecule has 0 spiro atoms. The number of carbonyl (C=O) groups is 1. The van der Waals surface area contributed by atoms with Gasteiger partial charge in [0.15, 0.2) is 0 Å². The lowest BCUT2D eigenvalue weighted by molar-refractivity contribution is 0.0916. The summed E-state index contributed by atoms with van der Waals surface area (Å²) in [5.41, 5.74) is 0.382. The van der Waals surface area contributed by atoms with Crippen molar-refractivity contribution in [1.82, 2.24) is 15.3 Å². The van der Waals surface area contributed by atoms with E-state index in [4.69, 9.17) is 5.11 Å². The first-order valence-corrected chi connectivity index (χ1v) is 6.45. The maximum absolute atomic E-state index is 11.9. The molecule has 0 aliphatic heterocycles. The minimum absolute atomic E-state index is 0.0771. The van der Waals surface area contributed by atoms with E-state index in [1.807, 2.05) is 0 Å². The summed E-state index contributed by atoms with van der Waals surface area (Å²) < 4.78 is 0. The van der Waals surface area contributed by atoms with Gasteiger partial charge >= 0.3 is 0 Å². The number of aliphatic hydroxyl groups excluding tert-OH is 1. The molecule has 1 aliphatic rings. The maximum Gasteiger partial charge on any atom is 0.270 e. The van der Waals surface area contributed by atoms with Crippen LogP contribution in [-0.2, 0) is 0 Å². The average Bonchev–Trinajstić information content (AvgIpc) is 2.92. The molecule has 1 heterocycles. The molecule has 18 heavy (non-hydrogen) atoms. The number of hydrogen-bond acceptors (Lipinski definition) is 4. The predicted octanol–water partition coefficient (Wildman–Crippen LogP) is 1.24. The quantitative estimate of drug-likeness (QED) is 0.842. The Morgan fingerprint density at radius 3 is 2.94 bits per heavy atom. The van der Waals surface area contributed by atoms with Crippen LogP contribution in [0.4, 0.5) is 0 Å². The molecule has 0 aromatic carbocycles. The van der Waals surface area contributed by atoms with Gasteiger partial charge in [-0.1, -0.05) is 12.8 Å². The van der Waals surface area contributed by atoms with Crippen molar-refractivity contribution in [3.05, 3.63) is 23.8 Å². The van der Waals surface area contributed by atoms with E-state index in [-0.39, 0.29) is 18.6 Å². The van der Waals surface area contributed by atoms with Gasteiger partial charge in [-0.3, -0.25) is 4.79 Å². The molecular weight excluding hydrogens is 230 g/mol. The Hall–Kier alpha value is -1.49. The highest BCUT2D eigenvalue weighted by atomic mass is 16.3. The molecule has 0 saturated heterocycles. The average molecular weight is 249 g/mol. The molecule has 1 aromatic heterocycles. The van der Waals surface area contributed by atoms with Crippen LogP contribution in [0, 0.1) is 0 Å². The Morgan fingerprint density at radius 1 is 1.56 bits per heavy atom. The Morgan fingerprint density at radius 2 is 2.28 bits per heavy atom. The van der Waals surface area contributed by atoms with Crippen LogP contribution in [0.3, 0.4) is 0 Å². The van der Waals surface area contributed by atoms with E-state index in [1.165, 1.54) is 12.8 Å². The molecule has 1 aliphatic carbocycles. The van der Waals surface area contributed by atoms with Crippen LogP contribution in [0.2, 0.25) is 0 Å². The number of carbonyl (C=O) groups excluding carboxylic acids is 1. The second-order valence-corrected chi connectivity index (χ2v) is 4.84. The Labute approximate surface area is 107 Å². The van der Waals surface area contributed by atoms with Crippen LogP contribution in [0.25, 0.3) is 0 Å². The highest BCUT2D eigenvalue weighted by Gasteiger charge is 2.21. The highest BCUT2D eigenvalue weighted by molar-refractivity contribution is 5.92. The zero-order valence-electron chi connectivity index (χ0n) is 10.6. The largest absolute Gasteiger partial charge is 0.394 e. The highest BCUT2D eigenvalue weighted by Crippen LogP contribution is 2.31. The SMILES string of the molecule is CC(CO)NC(=O)c1ccnc(C2CCCC2)n1. The third kappa shape index (κ3) is 3.04. The normalized spacial score (nSPS) is 17.7. The number of aromatic nitrogens is 2. The summed E-state index contributed by atoms with van der Waals surface area (Å²) in [5, 5.41) is 11.6. The number of nitrogens with one attached hydrogen (secondary N) is 1. The molecule has 0 radical (unpaired) electrons. The first-order chi connectivity index (χ1) is 8.70. The lowest BCUT2D eigenvalue weighted by Gasteiger charge is -2.12. The molecule has 5 nitrogen and oxygen atoms in total. The summed E-state index contributed by atoms with van der Waals surface area (Å²) in [6.45, 7) is 1.67. The lowest BCUT2D eigenvalue weighted by atomic mass is 10.1. The van der Waals surface area contributed by atoms with E-state index in [9.17, 15) is 4.79 Å². The predicted molar refractivity (Wildman–Crippen MR) is 67.3 cm³/mol. The minimum atomic E-state index is -0.262. The smallest absolute Gasteiger partial charge is 0.270 e. The summed E-state index contributed by atoms with van der Waals surface area (Å²) in [7, 11) is 0.